The van der Waals surface area contributed by atoms with Crippen molar-refractivity contribution in [1.82, 2.24) is 3.96 Å². The number of nitrogens with one attached hydrogen (secondary N) is 1. The summed E-state index contributed by atoms with van der Waals surface area (Å²) in [7, 11) is 1.67. The van der Waals surface area contributed by atoms with Gasteiger partial charge in [0.2, 0.25) is 0 Å². The lowest BCUT2D eigenvalue weighted by atomic mass is 9.90. The largest absolute Gasteiger partial charge is 0.497 e. The summed E-state index contributed by atoms with van der Waals surface area (Å²) in [5.74, 6) is 0.799. The summed E-state index contributed by atoms with van der Waals surface area (Å²) in [5.41, 5.74) is 3.72. The predicted molar refractivity (Wildman–Crippen MR) is 113 cm³/mol. The monoisotopic (exact) mass is 422 g/mol. The van der Waals surface area contributed by atoms with Crippen LogP contribution in [0.25, 0.3) is 16.8 Å². The maximum absolute atomic E-state index is 6.44. The molecule has 1 N–H and O–H groups in total. The summed E-state index contributed by atoms with van der Waals surface area (Å²) < 4.78 is 8.14. The number of methoxy groups -OCH3 is 1. The van der Waals surface area contributed by atoms with Gasteiger partial charge in [-0.2, -0.15) is 0 Å². The fraction of sp³-hybridized carbons (Fsp3) is 0.211. The minimum Gasteiger partial charge on any atom is -0.497 e. The van der Waals surface area contributed by atoms with Crippen LogP contribution in [0.4, 0.5) is 5.69 Å². The minimum absolute atomic E-state index is 0.251. The average Bonchev–Trinajstić information content (AvgIpc) is 2.93. The van der Waals surface area contributed by atoms with Crippen LogP contribution in [0, 0.1) is 4.64 Å². The van der Waals surface area contributed by atoms with E-state index in [4.69, 9.17) is 40.2 Å². The molecule has 1 aromatic heterocycles. The topological polar surface area (TPSA) is 26.2 Å². The summed E-state index contributed by atoms with van der Waals surface area (Å²) in [5, 5.41) is 4.77. The van der Waals surface area contributed by atoms with Crippen molar-refractivity contribution in [3.8, 4) is 22.6 Å². The predicted octanol–water partition coefficient (Wildman–Crippen LogP) is 6.91. The van der Waals surface area contributed by atoms with Gasteiger partial charge in [0, 0.05) is 21.8 Å². The smallest absolute Gasteiger partial charge is 0.129 e. The van der Waals surface area contributed by atoms with Crippen molar-refractivity contribution in [1.29, 1.82) is 0 Å². The molecule has 0 unspecified atom stereocenters. The molecule has 4 rings (SSSR count). The minimum atomic E-state index is -0.251. The van der Waals surface area contributed by atoms with Crippen LogP contribution >= 0.6 is 47.0 Å². The Kier molecular flexibility index (Phi) is 4.31. The van der Waals surface area contributed by atoms with E-state index >= 15 is 0 Å². The number of ether oxygens (including phenoxy) is 1. The highest BCUT2D eigenvalue weighted by molar-refractivity contribution is 7.71. The molecule has 0 saturated heterocycles. The second-order valence-electron chi connectivity index (χ2n) is 6.65. The molecule has 0 bridgehead atoms. The molecule has 0 fully saturated rings. The molecule has 7 heteroatoms. The van der Waals surface area contributed by atoms with Gasteiger partial charge < -0.3 is 10.1 Å². The zero-order valence-electron chi connectivity index (χ0n) is 14.4. The van der Waals surface area contributed by atoms with Crippen molar-refractivity contribution >= 4 is 52.6 Å². The van der Waals surface area contributed by atoms with Gasteiger partial charge in [0.25, 0.3) is 0 Å². The van der Waals surface area contributed by atoms with Crippen molar-refractivity contribution in [2.45, 2.75) is 19.4 Å². The third-order valence-electron chi connectivity index (χ3n) is 4.45. The zero-order valence-corrected chi connectivity index (χ0v) is 17.5. The van der Waals surface area contributed by atoms with Crippen LogP contribution in [0.3, 0.4) is 0 Å². The van der Waals surface area contributed by atoms with Gasteiger partial charge in [0.05, 0.1) is 28.2 Å². The lowest BCUT2D eigenvalue weighted by Crippen LogP contribution is -2.30. The molecule has 26 heavy (non-hydrogen) atoms. The van der Waals surface area contributed by atoms with Gasteiger partial charge in [-0.3, -0.25) is 3.96 Å². The Hall–Kier alpha value is -1.53. The van der Waals surface area contributed by atoms with Crippen molar-refractivity contribution in [2.24, 2.45) is 0 Å². The van der Waals surface area contributed by atoms with Gasteiger partial charge in [0.1, 0.15) is 10.4 Å². The molecule has 1 aliphatic rings. The molecule has 0 saturated carbocycles. The number of benzene rings is 2. The van der Waals surface area contributed by atoms with E-state index in [0.717, 1.165) is 37.8 Å². The number of fused-ring (bicyclic) bond motifs is 3. The first kappa shape index (κ1) is 17.9. The van der Waals surface area contributed by atoms with E-state index in [2.05, 4.69) is 19.2 Å². The van der Waals surface area contributed by atoms with Gasteiger partial charge in [-0.25, -0.2) is 0 Å². The summed E-state index contributed by atoms with van der Waals surface area (Å²) in [6, 6.07) is 11.5. The highest BCUT2D eigenvalue weighted by Crippen LogP contribution is 2.48. The Labute approximate surface area is 171 Å². The number of halogens is 2. The number of aromatic nitrogens is 1. The van der Waals surface area contributed by atoms with Crippen molar-refractivity contribution in [3.05, 3.63) is 56.0 Å². The molecular weight excluding hydrogens is 407 g/mol. The van der Waals surface area contributed by atoms with Crippen molar-refractivity contribution in [3.63, 3.8) is 0 Å². The zero-order chi connectivity index (χ0) is 18.6. The van der Waals surface area contributed by atoms with Crippen LogP contribution in [-0.2, 0) is 5.54 Å². The molecule has 134 valence electrons. The maximum Gasteiger partial charge on any atom is 0.129 e. The van der Waals surface area contributed by atoms with Gasteiger partial charge >= 0.3 is 0 Å². The fourth-order valence-electron chi connectivity index (χ4n) is 3.21. The van der Waals surface area contributed by atoms with Gasteiger partial charge in [-0.1, -0.05) is 47.0 Å². The summed E-state index contributed by atoms with van der Waals surface area (Å²) in [4.78, 5) is 1.16. The SMILES string of the molecule is COc1ccc2c(c1)-c1c(sn(-c3ccc(Cl)cc3Cl)c1=S)C(C)(C)N2. The van der Waals surface area contributed by atoms with Gasteiger partial charge in [-0.15, -0.1) is 0 Å². The lowest BCUT2D eigenvalue weighted by molar-refractivity contribution is 0.415. The lowest BCUT2D eigenvalue weighted by Gasteiger charge is -2.33. The maximum atomic E-state index is 6.44. The van der Waals surface area contributed by atoms with Crippen LogP contribution in [0.2, 0.25) is 10.0 Å². The second kappa shape index (κ2) is 6.27. The Morgan fingerprint density at radius 1 is 1.15 bits per heavy atom. The van der Waals surface area contributed by atoms with Gasteiger partial charge in [-0.05, 0) is 50.2 Å². The van der Waals surface area contributed by atoms with E-state index in [0.29, 0.717) is 10.0 Å². The number of hydrogen-bond donors (Lipinski definition) is 1. The molecule has 2 heterocycles. The highest BCUT2D eigenvalue weighted by atomic mass is 35.5. The highest BCUT2D eigenvalue weighted by Gasteiger charge is 2.35. The molecule has 0 spiro atoms. The summed E-state index contributed by atoms with van der Waals surface area (Å²) in [6.45, 7) is 4.30. The summed E-state index contributed by atoms with van der Waals surface area (Å²) in [6.07, 6.45) is 0. The fourth-order valence-corrected chi connectivity index (χ4v) is 5.43. The van der Waals surface area contributed by atoms with Crippen LogP contribution in [0.1, 0.15) is 18.7 Å². The van der Waals surface area contributed by atoms with E-state index in [1.165, 1.54) is 0 Å². The molecule has 3 nitrogen and oxygen atoms in total. The average molecular weight is 423 g/mol. The number of nitrogens with zero attached hydrogens (tertiary/aromatic N) is 1. The Morgan fingerprint density at radius 2 is 1.92 bits per heavy atom. The molecule has 2 aromatic carbocycles. The first-order valence-electron chi connectivity index (χ1n) is 8.00. The van der Waals surface area contributed by atoms with E-state index < -0.39 is 0 Å². The molecule has 0 amide bonds. The van der Waals surface area contributed by atoms with Crippen LogP contribution in [0.5, 0.6) is 5.75 Å². The van der Waals surface area contributed by atoms with Crippen LogP contribution in [0.15, 0.2) is 36.4 Å². The normalized spacial score (nSPS) is 14.3. The molecule has 3 aromatic rings. The van der Waals surface area contributed by atoms with E-state index in [-0.39, 0.29) is 5.54 Å². The standard InChI is InChI=1S/C19H16Cl2N2OS2/c1-19(2)17-16(12-9-11(24-3)5-6-14(12)22-19)18(25)23(26-17)15-7-4-10(20)8-13(15)21/h4-9,22H,1-3H3. The summed E-state index contributed by atoms with van der Waals surface area (Å²) >= 11 is 19.9. The first-order chi connectivity index (χ1) is 12.3. The number of hydrogen-bond acceptors (Lipinski definition) is 4. The quantitative estimate of drug-likeness (QED) is 0.454. The first-order valence-corrected chi connectivity index (χ1v) is 9.94. The molecule has 1 aliphatic heterocycles. The Morgan fingerprint density at radius 3 is 2.62 bits per heavy atom. The molecule has 0 atom stereocenters. The van der Waals surface area contributed by atoms with E-state index in [1.54, 1.807) is 24.7 Å². The molecule has 0 radical (unpaired) electrons. The third-order valence-corrected chi connectivity index (χ3v) is 6.95. The molecular formula is C19H16Cl2N2OS2. The van der Waals surface area contributed by atoms with Gasteiger partial charge in [0.15, 0.2) is 0 Å². The van der Waals surface area contributed by atoms with Crippen molar-refractivity contribution < 1.29 is 4.74 Å². The Bertz CT molecular complexity index is 1090. The van der Waals surface area contributed by atoms with Crippen molar-refractivity contribution in [2.75, 3.05) is 12.4 Å². The van der Waals surface area contributed by atoms with Crippen LogP contribution in [-0.4, -0.2) is 11.1 Å². The number of rotatable bonds is 2. The second-order valence-corrected chi connectivity index (χ2v) is 8.84. The van der Waals surface area contributed by atoms with Crippen LogP contribution < -0.4 is 10.1 Å². The van der Waals surface area contributed by atoms with E-state index in [9.17, 15) is 0 Å². The van der Waals surface area contributed by atoms with E-state index in [1.807, 2.05) is 34.3 Å². The third kappa shape index (κ3) is 2.74. The number of anilines is 1. The molecule has 0 aliphatic carbocycles. The Balaban J connectivity index is 2.01.